The SMILES string of the molecule is COc1cc(CNC(C)c2ccc(-n3cncn3)cc2)ccc1OC(C)C. The Labute approximate surface area is 160 Å². The van der Waals surface area contributed by atoms with Crippen molar-refractivity contribution in [3.05, 3.63) is 66.2 Å². The molecular weight excluding hydrogens is 340 g/mol. The second-order valence-electron chi connectivity index (χ2n) is 6.69. The molecule has 0 aliphatic heterocycles. The summed E-state index contributed by atoms with van der Waals surface area (Å²) in [5.41, 5.74) is 3.36. The lowest BCUT2D eigenvalue weighted by atomic mass is 10.1. The predicted molar refractivity (Wildman–Crippen MR) is 105 cm³/mol. The molecular formula is C21H26N4O2. The molecule has 0 fully saturated rings. The Balaban J connectivity index is 1.62. The van der Waals surface area contributed by atoms with E-state index in [0.29, 0.717) is 0 Å². The molecule has 1 heterocycles. The number of hydrogen-bond acceptors (Lipinski definition) is 5. The summed E-state index contributed by atoms with van der Waals surface area (Å²) in [6.07, 6.45) is 3.34. The minimum atomic E-state index is 0.114. The van der Waals surface area contributed by atoms with Crippen molar-refractivity contribution in [3.8, 4) is 17.2 Å². The van der Waals surface area contributed by atoms with Gasteiger partial charge in [-0.15, -0.1) is 0 Å². The van der Waals surface area contributed by atoms with Gasteiger partial charge in [-0.05, 0) is 56.2 Å². The zero-order valence-electron chi connectivity index (χ0n) is 16.2. The first-order valence-electron chi connectivity index (χ1n) is 9.08. The zero-order chi connectivity index (χ0) is 19.2. The van der Waals surface area contributed by atoms with Gasteiger partial charge < -0.3 is 14.8 Å². The molecule has 6 heteroatoms. The Morgan fingerprint density at radius 2 is 1.81 bits per heavy atom. The average molecular weight is 366 g/mol. The van der Waals surface area contributed by atoms with E-state index in [9.17, 15) is 0 Å². The van der Waals surface area contributed by atoms with Crippen LogP contribution in [-0.4, -0.2) is 28.0 Å². The lowest BCUT2D eigenvalue weighted by Crippen LogP contribution is -2.18. The van der Waals surface area contributed by atoms with E-state index >= 15 is 0 Å². The minimum Gasteiger partial charge on any atom is -0.493 e. The first-order chi connectivity index (χ1) is 13.1. The summed E-state index contributed by atoms with van der Waals surface area (Å²) in [6, 6.07) is 14.6. The molecule has 1 aromatic heterocycles. The van der Waals surface area contributed by atoms with E-state index in [-0.39, 0.29) is 12.1 Å². The van der Waals surface area contributed by atoms with Gasteiger partial charge >= 0.3 is 0 Å². The summed E-state index contributed by atoms with van der Waals surface area (Å²) in [4.78, 5) is 3.98. The summed E-state index contributed by atoms with van der Waals surface area (Å²) in [5.74, 6) is 1.53. The fourth-order valence-corrected chi connectivity index (χ4v) is 2.82. The Hall–Kier alpha value is -2.86. The molecule has 1 atom stereocenters. The van der Waals surface area contributed by atoms with Crippen molar-refractivity contribution in [2.45, 2.75) is 39.5 Å². The van der Waals surface area contributed by atoms with Crippen LogP contribution in [0, 0.1) is 0 Å². The van der Waals surface area contributed by atoms with Gasteiger partial charge in [0.25, 0.3) is 0 Å². The number of benzene rings is 2. The van der Waals surface area contributed by atoms with Gasteiger partial charge in [0.05, 0.1) is 18.9 Å². The van der Waals surface area contributed by atoms with Crippen molar-refractivity contribution in [1.29, 1.82) is 0 Å². The molecule has 0 radical (unpaired) electrons. The molecule has 0 spiro atoms. The highest BCUT2D eigenvalue weighted by Gasteiger charge is 2.10. The Morgan fingerprint density at radius 1 is 1.04 bits per heavy atom. The van der Waals surface area contributed by atoms with E-state index in [1.807, 2.05) is 38.1 Å². The molecule has 0 aliphatic rings. The highest BCUT2D eigenvalue weighted by atomic mass is 16.5. The van der Waals surface area contributed by atoms with Crippen molar-refractivity contribution < 1.29 is 9.47 Å². The molecule has 142 valence electrons. The van der Waals surface area contributed by atoms with Crippen LogP contribution in [0.25, 0.3) is 5.69 Å². The maximum absolute atomic E-state index is 5.77. The fourth-order valence-electron chi connectivity index (χ4n) is 2.82. The van der Waals surface area contributed by atoms with E-state index in [1.54, 1.807) is 18.1 Å². The number of methoxy groups -OCH3 is 1. The standard InChI is InChI=1S/C21H26N4O2/c1-15(2)27-20-10-5-17(11-21(20)26-4)12-23-16(3)18-6-8-19(9-7-18)25-14-22-13-24-25/h5-11,13-16,23H,12H2,1-4H3. The van der Waals surface area contributed by atoms with Crippen molar-refractivity contribution >= 4 is 0 Å². The predicted octanol–water partition coefficient (Wildman–Crippen LogP) is 3.91. The van der Waals surface area contributed by atoms with Gasteiger partial charge in [0.2, 0.25) is 0 Å². The van der Waals surface area contributed by atoms with E-state index in [1.165, 1.54) is 11.9 Å². The molecule has 0 saturated carbocycles. The third-order valence-corrected chi connectivity index (χ3v) is 4.28. The quantitative estimate of drug-likeness (QED) is 0.655. The number of aromatic nitrogens is 3. The van der Waals surface area contributed by atoms with E-state index < -0.39 is 0 Å². The molecule has 0 amide bonds. The molecule has 3 rings (SSSR count). The maximum atomic E-state index is 5.77. The summed E-state index contributed by atoms with van der Waals surface area (Å²) in [7, 11) is 1.67. The summed E-state index contributed by atoms with van der Waals surface area (Å²) < 4.78 is 13.0. The van der Waals surface area contributed by atoms with Gasteiger partial charge in [-0.25, -0.2) is 9.67 Å². The molecule has 0 saturated heterocycles. The number of nitrogens with one attached hydrogen (secondary N) is 1. The first-order valence-corrected chi connectivity index (χ1v) is 9.08. The summed E-state index contributed by atoms with van der Waals surface area (Å²) in [6.45, 7) is 6.90. The second kappa shape index (κ2) is 8.68. The number of rotatable bonds is 8. The summed E-state index contributed by atoms with van der Waals surface area (Å²) in [5, 5.41) is 7.70. The summed E-state index contributed by atoms with van der Waals surface area (Å²) >= 11 is 0. The van der Waals surface area contributed by atoms with Gasteiger partial charge in [0.15, 0.2) is 11.5 Å². The Kier molecular flexibility index (Phi) is 6.08. The smallest absolute Gasteiger partial charge is 0.161 e. The van der Waals surface area contributed by atoms with Crippen LogP contribution >= 0.6 is 0 Å². The topological polar surface area (TPSA) is 61.2 Å². The zero-order valence-corrected chi connectivity index (χ0v) is 16.2. The van der Waals surface area contributed by atoms with Crippen LogP contribution in [0.1, 0.15) is 37.9 Å². The first kappa shape index (κ1) is 18.9. The average Bonchev–Trinajstić information content (AvgIpc) is 3.21. The van der Waals surface area contributed by atoms with Gasteiger partial charge in [-0.1, -0.05) is 18.2 Å². The molecule has 2 aromatic carbocycles. The maximum Gasteiger partial charge on any atom is 0.161 e. The van der Waals surface area contributed by atoms with Crippen molar-refractivity contribution in [2.75, 3.05) is 7.11 Å². The highest BCUT2D eigenvalue weighted by Crippen LogP contribution is 2.29. The van der Waals surface area contributed by atoms with Gasteiger partial charge in [0.1, 0.15) is 12.7 Å². The third-order valence-electron chi connectivity index (χ3n) is 4.28. The van der Waals surface area contributed by atoms with Crippen LogP contribution in [0.2, 0.25) is 0 Å². The van der Waals surface area contributed by atoms with Gasteiger partial charge in [-0.2, -0.15) is 5.10 Å². The second-order valence-corrected chi connectivity index (χ2v) is 6.69. The lowest BCUT2D eigenvalue weighted by Gasteiger charge is -2.17. The number of nitrogens with zero attached hydrogens (tertiary/aromatic N) is 3. The molecule has 0 aliphatic carbocycles. The molecule has 0 bridgehead atoms. The molecule has 6 nitrogen and oxygen atoms in total. The molecule has 3 aromatic rings. The van der Waals surface area contributed by atoms with Crippen molar-refractivity contribution in [3.63, 3.8) is 0 Å². The molecule has 1 N–H and O–H groups in total. The molecule has 27 heavy (non-hydrogen) atoms. The van der Waals surface area contributed by atoms with E-state index in [2.05, 4.69) is 40.5 Å². The largest absolute Gasteiger partial charge is 0.493 e. The van der Waals surface area contributed by atoms with Crippen LogP contribution in [0.15, 0.2) is 55.1 Å². The monoisotopic (exact) mass is 366 g/mol. The van der Waals surface area contributed by atoms with Crippen molar-refractivity contribution in [2.24, 2.45) is 0 Å². The van der Waals surface area contributed by atoms with E-state index in [4.69, 9.17) is 9.47 Å². The van der Waals surface area contributed by atoms with Crippen LogP contribution in [-0.2, 0) is 6.54 Å². The Morgan fingerprint density at radius 3 is 2.44 bits per heavy atom. The fraction of sp³-hybridized carbons (Fsp3) is 0.333. The van der Waals surface area contributed by atoms with E-state index in [0.717, 1.165) is 29.3 Å². The number of ether oxygens (including phenoxy) is 2. The van der Waals surface area contributed by atoms with Crippen molar-refractivity contribution in [1.82, 2.24) is 20.1 Å². The Bertz CT molecular complexity index is 845. The van der Waals surface area contributed by atoms with Crippen LogP contribution < -0.4 is 14.8 Å². The molecule has 1 unspecified atom stereocenters. The lowest BCUT2D eigenvalue weighted by molar-refractivity contribution is 0.230. The van der Waals surface area contributed by atoms with Gasteiger partial charge in [-0.3, -0.25) is 0 Å². The minimum absolute atomic E-state index is 0.114. The van der Waals surface area contributed by atoms with Crippen LogP contribution in [0.4, 0.5) is 0 Å². The highest BCUT2D eigenvalue weighted by molar-refractivity contribution is 5.43. The number of hydrogen-bond donors (Lipinski definition) is 1. The van der Waals surface area contributed by atoms with Crippen LogP contribution in [0.3, 0.4) is 0 Å². The third kappa shape index (κ3) is 4.86. The van der Waals surface area contributed by atoms with Gasteiger partial charge in [0, 0.05) is 12.6 Å². The normalized spacial score (nSPS) is 12.2. The van der Waals surface area contributed by atoms with Crippen LogP contribution in [0.5, 0.6) is 11.5 Å².